The van der Waals surface area contributed by atoms with E-state index in [2.05, 4.69) is 0 Å². The maximum absolute atomic E-state index is 12.8. The van der Waals surface area contributed by atoms with Gasteiger partial charge in [0.2, 0.25) is 11.8 Å². The first-order valence-corrected chi connectivity index (χ1v) is 9.43. The molecule has 0 radical (unpaired) electrons. The van der Waals surface area contributed by atoms with E-state index in [0.717, 1.165) is 0 Å². The summed E-state index contributed by atoms with van der Waals surface area (Å²) >= 11 is 0. The van der Waals surface area contributed by atoms with Gasteiger partial charge < -0.3 is 19.4 Å². The number of hydrogen-bond acceptors (Lipinski definition) is 5. The van der Waals surface area contributed by atoms with Crippen LogP contribution in [0.4, 0.5) is 0 Å². The molecule has 2 amide bonds. The SMILES string of the molecule is CC(C)[C@@H](C(=O)OC(C)(C)C)N(C)C(=O)C1CN(C(=O)/C=C/CN(C)C)C1. The Bertz CT molecular complexity index is 572. The summed E-state index contributed by atoms with van der Waals surface area (Å²) in [6.45, 7) is 10.7. The minimum Gasteiger partial charge on any atom is -0.458 e. The topological polar surface area (TPSA) is 70.2 Å². The van der Waals surface area contributed by atoms with Gasteiger partial charge in [-0.05, 0) is 40.8 Å². The van der Waals surface area contributed by atoms with Crippen molar-refractivity contribution in [2.24, 2.45) is 11.8 Å². The van der Waals surface area contributed by atoms with Crippen LogP contribution in [0.25, 0.3) is 0 Å². The lowest BCUT2D eigenvalue weighted by atomic mass is 9.95. The summed E-state index contributed by atoms with van der Waals surface area (Å²) < 4.78 is 5.48. The molecule has 1 rings (SSSR count). The molecule has 1 aliphatic heterocycles. The fraction of sp³-hybridized carbons (Fsp3) is 0.750. The molecule has 0 spiro atoms. The van der Waals surface area contributed by atoms with Gasteiger partial charge in [0.25, 0.3) is 0 Å². The van der Waals surface area contributed by atoms with Gasteiger partial charge in [0, 0.05) is 32.8 Å². The van der Waals surface area contributed by atoms with Crippen molar-refractivity contribution in [3.05, 3.63) is 12.2 Å². The normalized spacial score (nSPS) is 16.6. The summed E-state index contributed by atoms with van der Waals surface area (Å²) in [6, 6.07) is -0.638. The van der Waals surface area contributed by atoms with Gasteiger partial charge in [-0.15, -0.1) is 0 Å². The summed E-state index contributed by atoms with van der Waals surface area (Å²) in [5, 5.41) is 0. The number of likely N-dealkylation sites (N-methyl/N-ethyl adjacent to an activating group) is 2. The summed E-state index contributed by atoms with van der Waals surface area (Å²) in [5.41, 5.74) is -0.604. The highest BCUT2D eigenvalue weighted by molar-refractivity contribution is 5.91. The lowest BCUT2D eigenvalue weighted by molar-refractivity contribution is -0.168. The molecule has 0 aromatic heterocycles. The molecular formula is C20H35N3O4. The van der Waals surface area contributed by atoms with Crippen LogP contribution in [0.2, 0.25) is 0 Å². The third-order valence-corrected chi connectivity index (χ3v) is 4.32. The highest BCUT2D eigenvalue weighted by Crippen LogP contribution is 2.22. The van der Waals surface area contributed by atoms with E-state index in [0.29, 0.717) is 19.6 Å². The average molecular weight is 382 g/mol. The number of esters is 1. The third kappa shape index (κ3) is 6.97. The molecule has 7 heteroatoms. The van der Waals surface area contributed by atoms with Crippen LogP contribution in [0.1, 0.15) is 34.6 Å². The molecule has 0 unspecified atom stereocenters. The summed E-state index contributed by atoms with van der Waals surface area (Å²) in [6.07, 6.45) is 3.35. The van der Waals surface area contributed by atoms with E-state index in [1.165, 1.54) is 4.90 Å². The van der Waals surface area contributed by atoms with Gasteiger partial charge >= 0.3 is 5.97 Å². The molecule has 0 saturated carbocycles. The molecule has 154 valence electrons. The molecule has 1 saturated heterocycles. The van der Waals surface area contributed by atoms with Crippen LogP contribution in [0.15, 0.2) is 12.2 Å². The fourth-order valence-electron chi connectivity index (χ4n) is 2.95. The molecule has 0 aromatic rings. The van der Waals surface area contributed by atoms with E-state index >= 15 is 0 Å². The van der Waals surface area contributed by atoms with E-state index in [4.69, 9.17) is 4.74 Å². The smallest absolute Gasteiger partial charge is 0.329 e. The fourth-order valence-corrected chi connectivity index (χ4v) is 2.95. The molecule has 7 nitrogen and oxygen atoms in total. The van der Waals surface area contributed by atoms with Gasteiger partial charge in [0.15, 0.2) is 0 Å². The van der Waals surface area contributed by atoms with Gasteiger partial charge in [-0.1, -0.05) is 19.9 Å². The van der Waals surface area contributed by atoms with Crippen LogP contribution in [-0.2, 0) is 19.1 Å². The average Bonchev–Trinajstić information content (AvgIpc) is 2.42. The number of carbonyl (C=O) groups excluding carboxylic acids is 3. The Kier molecular flexibility index (Phi) is 8.02. The number of rotatable bonds is 7. The Morgan fingerprint density at radius 1 is 1.15 bits per heavy atom. The molecule has 1 atom stereocenters. The second-order valence-electron chi connectivity index (χ2n) is 8.78. The molecule has 0 aromatic carbocycles. The zero-order valence-corrected chi connectivity index (χ0v) is 18.0. The van der Waals surface area contributed by atoms with Gasteiger partial charge in [-0.3, -0.25) is 9.59 Å². The first-order valence-electron chi connectivity index (χ1n) is 9.43. The van der Waals surface area contributed by atoms with Crippen molar-refractivity contribution < 1.29 is 19.1 Å². The number of hydrogen-bond donors (Lipinski definition) is 0. The van der Waals surface area contributed by atoms with Gasteiger partial charge in [-0.25, -0.2) is 4.79 Å². The highest BCUT2D eigenvalue weighted by atomic mass is 16.6. The molecule has 0 aliphatic carbocycles. The van der Waals surface area contributed by atoms with Crippen LogP contribution >= 0.6 is 0 Å². The van der Waals surface area contributed by atoms with Crippen molar-refractivity contribution in [1.29, 1.82) is 0 Å². The number of carbonyl (C=O) groups is 3. The Hall–Kier alpha value is -1.89. The Labute approximate surface area is 163 Å². The highest BCUT2D eigenvalue weighted by Gasteiger charge is 2.41. The lowest BCUT2D eigenvalue weighted by Crippen LogP contribution is -2.58. The van der Waals surface area contributed by atoms with Crippen molar-refractivity contribution in [1.82, 2.24) is 14.7 Å². The second-order valence-corrected chi connectivity index (χ2v) is 8.78. The molecule has 1 fully saturated rings. The van der Waals surface area contributed by atoms with Crippen molar-refractivity contribution in [2.45, 2.75) is 46.3 Å². The van der Waals surface area contributed by atoms with Crippen molar-refractivity contribution in [3.63, 3.8) is 0 Å². The molecule has 0 bridgehead atoms. The van der Waals surface area contributed by atoms with Crippen molar-refractivity contribution in [3.8, 4) is 0 Å². The van der Waals surface area contributed by atoms with E-state index in [1.807, 2.05) is 53.6 Å². The Morgan fingerprint density at radius 2 is 1.70 bits per heavy atom. The maximum Gasteiger partial charge on any atom is 0.329 e. The number of ether oxygens (including phenoxy) is 1. The van der Waals surface area contributed by atoms with Crippen molar-refractivity contribution >= 4 is 17.8 Å². The van der Waals surface area contributed by atoms with E-state index in [-0.39, 0.29) is 23.7 Å². The quantitative estimate of drug-likeness (QED) is 0.492. The number of likely N-dealkylation sites (tertiary alicyclic amines) is 1. The maximum atomic E-state index is 12.8. The lowest BCUT2D eigenvalue weighted by Gasteiger charge is -2.41. The second kappa shape index (κ2) is 9.35. The van der Waals surface area contributed by atoms with E-state index in [1.54, 1.807) is 24.1 Å². The number of amides is 2. The predicted molar refractivity (Wildman–Crippen MR) is 105 cm³/mol. The molecule has 0 N–H and O–H groups in total. The van der Waals surface area contributed by atoms with Gasteiger partial charge in [-0.2, -0.15) is 0 Å². The minimum atomic E-state index is -0.638. The first kappa shape index (κ1) is 23.1. The van der Waals surface area contributed by atoms with E-state index < -0.39 is 17.6 Å². The van der Waals surface area contributed by atoms with Crippen LogP contribution in [0.5, 0.6) is 0 Å². The summed E-state index contributed by atoms with van der Waals surface area (Å²) in [7, 11) is 5.50. The zero-order valence-electron chi connectivity index (χ0n) is 18.0. The standard InChI is InChI=1S/C20H35N3O4/c1-14(2)17(19(26)27-20(3,4)5)22(8)18(25)15-12-23(13-15)16(24)10-9-11-21(6)7/h9-10,14-15,17H,11-13H2,1-8H3/b10-9+/t17-/m0/s1. The Balaban J connectivity index is 2.64. The minimum absolute atomic E-state index is 0.0689. The molecule has 1 heterocycles. The van der Waals surface area contributed by atoms with Gasteiger partial charge in [0.1, 0.15) is 11.6 Å². The van der Waals surface area contributed by atoms with Gasteiger partial charge in [0.05, 0.1) is 5.92 Å². The van der Waals surface area contributed by atoms with Crippen LogP contribution in [0, 0.1) is 11.8 Å². The van der Waals surface area contributed by atoms with Crippen molar-refractivity contribution in [2.75, 3.05) is 40.8 Å². The van der Waals surface area contributed by atoms with Crippen LogP contribution < -0.4 is 0 Å². The van der Waals surface area contributed by atoms with E-state index in [9.17, 15) is 14.4 Å². The first-order chi connectivity index (χ1) is 12.3. The predicted octanol–water partition coefficient (Wildman–Crippen LogP) is 1.39. The van der Waals surface area contributed by atoms with Crippen LogP contribution in [-0.4, -0.2) is 84.9 Å². The molecule has 1 aliphatic rings. The molecule has 27 heavy (non-hydrogen) atoms. The molecular weight excluding hydrogens is 346 g/mol. The summed E-state index contributed by atoms with van der Waals surface area (Å²) in [4.78, 5) is 42.4. The number of nitrogens with zero attached hydrogens (tertiary/aromatic N) is 3. The largest absolute Gasteiger partial charge is 0.458 e. The zero-order chi connectivity index (χ0) is 20.9. The monoisotopic (exact) mass is 381 g/mol. The summed E-state index contributed by atoms with van der Waals surface area (Å²) in [5.74, 6) is -0.949. The third-order valence-electron chi connectivity index (χ3n) is 4.32. The Morgan fingerprint density at radius 3 is 2.15 bits per heavy atom. The van der Waals surface area contributed by atoms with Crippen LogP contribution in [0.3, 0.4) is 0 Å².